The molecular weight excluding hydrogens is 615 g/mol. The van der Waals surface area contributed by atoms with Crippen LogP contribution in [-0.2, 0) is 30.1 Å². The molecule has 0 bridgehead atoms. The summed E-state index contributed by atoms with van der Waals surface area (Å²) in [5, 5.41) is 19.3. The van der Waals surface area contributed by atoms with Crippen LogP contribution in [0.1, 0.15) is 16.7 Å². The third-order valence-corrected chi connectivity index (χ3v) is 12.6. The molecule has 0 spiro atoms. The van der Waals surface area contributed by atoms with Gasteiger partial charge in [-0.3, -0.25) is 0 Å². The highest BCUT2D eigenvalue weighted by atomic mass is 32.2. The van der Waals surface area contributed by atoms with E-state index >= 15 is 0 Å². The largest absolute Gasteiger partial charge is 0.395 e. The molecule has 3 rings (SSSR count). The second kappa shape index (κ2) is 14.9. The summed E-state index contributed by atoms with van der Waals surface area (Å²) in [5.41, 5.74) is 2.55. The van der Waals surface area contributed by atoms with Gasteiger partial charge in [-0.15, -0.1) is 0 Å². The highest BCUT2D eigenvalue weighted by Crippen LogP contribution is 2.21. The number of rotatable bonds is 16. The fraction of sp³-hybridized carbons (Fsp3) is 0.379. The lowest BCUT2D eigenvalue weighted by molar-refractivity contribution is 0.235. The number of aliphatic hydroxyl groups excluding tert-OH is 2. The number of sulfonamides is 3. The fourth-order valence-electron chi connectivity index (χ4n) is 4.30. The molecule has 0 aromatic heterocycles. The topological polar surface area (TPSA) is 153 Å². The zero-order valence-electron chi connectivity index (χ0n) is 24.5. The predicted octanol–water partition coefficient (Wildman–Crippen LogP) is 1.97. The molecule has 0 saturated heterocycles. The zero-order valence-corrected chi connectivity index (χ0v) is 26.9. The van der Waals surface area contributed by atoms with Crippen LogP contribution in [0.2, 0.25) is 0 Å². The summed E-state index contributed by atoms with van der Waals surface area (Å²) in [5.74, 6) is 0. The maximum atomic E-state index is 13.8. The summed E-state index contributed by atoms with van der Waals surface area (Å²) < 4.78 is 84.2. The van der Waals surface area contributed by atoms with Crippen molar-refractivity contribution in [3.05, 3.63) is 89.5 Å². The number of nitrogens with zero attached hydrogens (tertiary/aromatic N) is 3. The van der Waals surface area contributed by atoms with Gasteiger partial charge in [-0.2, -0.15) is 12.9 Å². The molecule has 43 heavy (non-hydrogen) atoms. The molecular formula is C29H39N3O8S3. The first kappa shape index (κ1) is 34.8. The van der Waals surface area contributed by atoms with E-state index in [1.165, 1.54) is 36.4 Å². The van der Waals surface area contributed by atoms with Crippen molar-refractivity contribution in [2.24, 2.45) is 0 Å². The summed E-state index contributed by atoms with van der Waals surface area (Å²) in [6.45, 7) is 2.67. The Hall–Kier alpha value is -2.69. The molecule has 14 heteroatoms. The summed E-state index contributed by atoms with van der Waals surface area (Å²) >= 11 is 0. The van der Waals surface area contributed by atoms with Gasteiger partial charge in [-0.25, -0.2) is 25.3 Å². The van der Waals surface area contributed by atoms with E-state index in [9.17, 15) is 35.5 Å². The van der Waals surface area contributed by atoms with Crippen LogP contribution in [0.3, 0.4) is 0 Å². The van der Waals surface area contributed by atoms with E-state index in [2.05, 4.69) is 0 Å². The van der Waals surface area contributed by atoms with Gasteiger partial charge in [0.15, 0.2) is 0 Å². The van der Waals surface area contributed by atoms with Gasteiger partial charge in [0, 0.05) is 39.3 Å². The first-order valence-electron chi connectivity index (χ1n) is 13.7. The van der Waals surface area contributed by atoms with E-state index in [1.54, 1.807) is 43.3 Å². The van der Waals surface area contributed by atoms with Gasteiger partial charge in [0.05, 0.1) is 27.9 Å². The molecule has 0 radical (unpaired) electrons. The third-order valence-electron chi connectivity index (χ3n) is 6.87. The third kappa shape index (κ3) is 8.70. The van der Waals surface area contributed by atoms with Gasteiger partial charge < -0.3 is 10.2 Å². The molecule has 11 nitrogen and oxygen atoms in total. The van der Waals surface area contributed by atoms with Crippen molar-refractivity contribution >= 4 is 30.1 Å². The maximum absolute atomic E-state index is 13.8. The van der Waals surface area contributed by atoms with E-state index in [0.717, 1.165) is 29.6 Å². The van der Waals surface area contributed by atoms with Crippen LogP contribution in [-0.4, -0.2) is 101 Å². The van der Waals surface area contributed by atoms with E-state index < -0.39 is 43.3 Å². The minimum atomic E-state index is -4.21. The number of benzene rings is 3. The van der Waals surface area contributed by atoms with Crippen LogP contribution in [0.25, 0.3) is 0 Å². The standard InChI is InChI=1S/C29H39N3O8S3/c1-24-4-10-27(11-5-24)41(35,36)30(16-18-31(20-22-33)42(37,38)28-12-6-25(2)7-13-28)17-19-32(21-23-34)43(39,40)29-14-8-26(3)9-15-29/h4-15,33-34H,16-23H2,1-3H3. The molecule has 0 amide bonds. The summed E-state index contributed by atoms with van der Waals surface area (Å²) in [6.07, 6.45) is 0. The van der Waals surface area contributed by atoms with Crippen LogP contribution in [0.15, 0.2) is 87.5 Å². The van der Waals surface area contributed by atoms with Gasteiger partial charge >= 0.3 is 0 Å². The van der Waals surface area contributed by atoms with Gasteiger partial charge in [-0.05, 0) is 57.2 Å². The van der Waals surface area contributed by atoms with Crippen molar-refractivity contribution in [2.45, 2.75) is 35.5 Å². The van der Waals surface area contributed by atoms with E-state index in [-0.39, 0.29) is 54.0 Å². The van der Waals surface area contributed by atoms with E-state index in [4.69, 9.17) is 0 Å². The van der Waals surface area contributed by atoms with Crippen LogP contribution in [0.4, 0.5) is 0 Å². The Labute approximate surface area is 255 Å². The lowest BCUT2D eigenvalue weighted by Gasteiger charge is -2.29. The highest BCUT2D eigenvalue weighted by Gasteiger charge is 2.31. The Morgan fingerprint density at radius 2 is 0.628 bits per heavy atom. The minimum Gasteiger partial charge on any atom is -0.395 e. The average Bonchev–Trinajstić information content (AvgIpc) is 2.96. The normalized spacial score (nSPS) is 12.8. The minimum absolute atomic E-state index is 0.00203. The monoisotopic (exact) mass is 653 g/mol. The molecule has 3 aromatic carbocycles. The lowest BCUT2D eigenvalue weighted by Crippen LogP contribution is -2.46. The molecule has 0 aliphatic heterocycles. The number of aliphatic hydroxyl groups is 2. The predicted molar refractivity (Wildman–Crippen MR) is 164 cm³/mol. The Morgan fingerprint density at radius 3 is 0.837 bits per heavy atom. The maximum Gasteiger partial charge on any atom is 0.243 e. The summed E-state index contributed by atoms with van der Waals surface area (Å²) in [4.78, 5) is -0.0427. The molecule has 2 N–H and O–H groups in total. The smallest absolute Gasteiger partial charge is 0.243 e. The molecule has 3 aromatic rings. The quantitative estimate of drug-likeness (QED) is 0.238. The Morgan fingerprint density at radius 1 is 0.419 bits per heavy atom. The van der Waals surface area contributed by atoms with Crippen molar-refractivity contribution in [3.8, 4) is 0 Å². The van der Waals surface area contributed by atoms with Gasteiger partial charge in [0.1, 0.15) is 0 Å². The van der Waals surface area contributed by atoms with Crippen LogP contribution >= 0.6 is 0 Å². The SMILES string of the molecule is Cc1ccc(S(=O)(=O)N(CCO)CCN(CCN(CCO)S(=O)(=O)c2ccc(C)cc2)S(=O)(=O)c2ccc(C)cc2)cc1. The second-order valence-electron chi connectivity index (χ2n) is 10.1. The molecule has 236 valence electrons. The van der Waals surface area contributed by atoms with Crippen molar-refractivity contribution in [3.63, 3.8) is 0 Å². The van der Waals surface area contributed by atoms with Crippen molar-refractivity contribution in [1.82, 2.24) is 12.9 Å². The Bertz CT molecular complexity index is 1570. The highest BCUT2D eigenvalue weighted by molar-refractivity contribution is 7.89. The van der Waals surface area contributed by atoms with E-state index in [1.807, 2.05) is 13.8 Å². The van der Waals surface area contributed by atoms with Gasteiger partial charge in [0.2, 0.25) is 30.1 Å². The van der Waals surface area contributed by atoms with Crippen LogP contribution < -0.4 is 0 Å². The van der Waals surface area contributed by atoms with Crippen LogP contribution in [0, 0.1) is 20.8 Å². The number of aryl methyl sites for hydroxylation is 3. The molecule has 0 aliphatic carbocycles. The van der Waals surface area contributed by atoms with Crippen molar-refractivity contribution in [1.29, 1.82) is 0 Å². The first-order chi connectivity index (χ1) is 20.2. The van der Waals surface area contributed by atoms with E-state index in [0.29, 0.717) is 0 Å². The first-order valence-corrected chi connectivity index (χ1v) is 18.0. The number of hydrogen-bond donors (Lipinski definition) is 2. The van der Waals surface area contributed by atoms with Crippen molar-refractivity contribution < 1.29 is 35.5 Å². The average molecular weight is 654 g/mol. The molecule has 0 aliphatic rings. The summed E-state index contributed by atoms with van der Waals surface area (Å²) in [6, 6.07) is 18.5. The fourth-order valence-corrected chi connectivity index (χ4v) is 8.57. The molecule has 0 saturated carbocycles. The Balaban J connectivity index is 1.94. The Kier molecular flexibility index (Phi) is 12.0. The molecule has 0 heterocycles. The lowest BCUT2D eigenvalue weighted by atomic mass is 10.2. The number of hydrogen-bond acceptors (Lipinski definition) is 8. The van der Waals surface area contributed by atoms with Gasteiger partial charge in [0.25, 0.3) is 0 Å². The van der Waals surface area contributed by atoms with Crippen LogP contribution in [0.5, 0.6) is 0 Å². The molecule has 0 unspecified atom stereocenters. The molecule has 0 fully saturated rings. The van der Waals surface area contributed by atoms with Gasteiger partial charge in [-0.1, -0.05) is 53.1 Å². The summed E-state index contributed by atoms with van der Waals surface area (Å²) in [7, 11) is -12.4. The van der Waals surface area contributed by atoms with Crippen molar-refractivity contribution in [2.75, 3.05) is 52.5 Å². The zero-order chi connectivity index (χ0) is 31.8. The second-order valence-corrected chi connectivity index (χ2v) is 15.9. The molecule has 0 atom stereocenters.